The van der Waals surface area contributed by atoms with E-state index in [9.17, 15) is 19.7 Å². The van der Waals surface area contributed by atoms with E-state index in [0.29, 0.717) is 0 Å². The van der Waals surface area contributed by atoms with E-state index >= 15 is 0 Å². The molecule has 2 rings (SSSR count). The van der Waals surface area contributed by atoms with E-state index in [4.69, 9.17) is 32.7 Å². The first-order chi connectivity index (χ1) is 12.3. The zero-order chi connectivity index (χ0) is 19.3. The van der Waals surface area contributed by atoms with Crippen molar-refractivity contribution >= 4 is 46.5 Å². The number of nitrogens with one attached hydrogen (secondary N) is 1. The maximum atomic E-state index is 12.1. The molecule has 2 aromatic carbocycles. The van der Waals surface area contributed by atoms with E-state index in [1.165, 1.54) is 31.4 Å². The van der Waals surface area contributed by atoms with Crippen LogP contribution < -0.4 is 10.1 Å². The van der Waals surface area contributed by atoms with Gasteiger partial charge >= 0.3 is 5.97 Å². The number of nitrogens with zero attached hydrogens (tertiary/aromatic N) is 1. The minimum Gasteiger partial charge on any atom is -0.496 e. The van der Waals surface area contributed by atoms with Gasteiger partial charge < -0.3 is 14.8 Å². The topological polar surface area (TPSA) is 108 Å². The molecule has 1 amide bonds. The van der Waals surface area contributed by atoms with Crippen LogP contribution in [0.2, 0.25) is 10.0 Å². The number of anilines is 1. The molecule has 0 atom stereocenters. The smallest absolute Gasteiger partial charge is 0.342 e. The molecule has 0 bridgehead atoms. The molecular weight excluding hydrogens is 387 g/mol. The van der Waals surface area contributed by atoms with Crippen molar-refractivity contribution in [1.82, 2.24) is 0 Å². The third kappa shape index (κ3) is 4.62. The molecule has 0 saturated heterocycles. The quantitative estimate of drug-likeness (QED) is 0.451. The molecule has 0 spiro atoms. The average Bonchev–Trinajstić information content (AvgIpc) is 2.62. The molecule has 0 unspecified atom stereocenters. The molecule has 0 aliphatic carbocycles. The van der Waals surface area contributed by atoms with Crippen molar-refractivity contribution in [3.05, 3.63) is 62.1 Å². The number of carbonyl (C=O) groups is 2. The van der Waals surface area contributed by atoms with Gasteiger partial charge in [0.1, 0.15) is 11.3 Å². The molecule has 0 aromatic heterocycles. The monoisotopic (exact) mass is 398 g/mol. The maximum absolute atomic E-state index is 12.1. The number of esters is 1. The van der Waals surface area contributed by atoms with Crippen molar-refractivity contribution < 1.29 is 24.0 Å². The lowest BCUT2D eigenvalue weighted by molar-refractivity contribution is -0.384. The predicted molar refractivity (Wildman–Crippen MR) is 95.0 cm³/mol. The number of nitro benzene ring substituents is 1. The number of rotatable bonds is 6. The first kappa shape index (κ1) is 19.5. The third-order valence-corrected chi connectivity index (χ3v) is 3.81. The summed E-state index contributed by atoms with van der Waals surface area (Å²) in [5.41, 5.74) is -0.305. The van der Waals surface area contributed by atoms with Crippen LogP contribution in [0.4, 0.5) is 11.4 Å². The van der Waals surface area contributed by atoms with Gasteiger partial charge in [0.2, 0.25) is 0 Å². The Morgan fingerprint density at radius 1 is 1.19 bits per heavy atom. The fraction of sp³-hybridized carbons (Fsp3) is 0.125. The summed E-state index contributed by atoms with van der Waals surface area (Å²) in [4.78, 5) is 34.2. The highest BCUT2D eigenvalue weighted by atomic mass is 35.5. The molecule has 26 heavy (non-hydrogen) atoms. The number of amides is 1. The van der Waals surface area contributed by atoms with Crippen molar-refractivity contribution in [1.29, 1.82) is 0 Å². The summed E-state index contributed by atoms with van der Waals surface area (Å²) in [6.45, 7) is -0.647. The summed E-state index contributed by atoms with van der Waals surface area (Å²) in [7, 11) is 1.30. The first-order valence-corrected chi connectivity index (χ1v) is 7.82. The largest absolute Gasteiger partial charge is 0.496 e. The highest BCUT2D eigenvalue weighted by molar-refractivity contribution is 6.39. The van der Waals surface area contributed by atoms with Crippen molar-refractivity contribution in [3.8, 4) is 5.75 Å². The predicted octanol–water partition coefficient (Wildman–Crippen LogP) is 3.71. The summed E-state index contributed by atoms with van der Waals surface area (Å²) in [5, 5.41) is 13.7. The number of para-hydroxylation sites is 1. The average molecular weight is 399 g/mol. The fourth-order valence-corrected chi connectivity index (χ4v) is 2.46. The van der Waals surface area contributed by atoms with Gasteiger partial charge in [-0.25, -0.2) is 4.79 Å². The highest BCUT2D eigenvalue weighted by Gasteiger charge is 2.20. The van der Waals surface area contributed by atoms with Gasteiger partial charge in [0.05, 0.1) is 27.8 Å². The van der Waals surface area contributed by atoms with E-state index in [1.54, 1.807) is 6.07 Å². The second-order valence-electron chi connectivity index (χ2n) is 4.86. The van der Waals surface area contributed by atoms with Crippen LogP contribution in [0.1, 0.15) is 10.4 Å². The molecule has 0 aliphatic heterocycles. The zero-order valence-electron chi connectivity index (χ0n) is 13.3. The fourth-order valence-electron chi connectivity index (χ4n) is 1.97. The summed E-state index contributed by atoms with van der Waals surface area (Å²) in [6.07, 6.45) is 0. The van der Waals surface area contributed by atoms with Gasteiger partial charge in [-0.3, -0.25) is 14.9 Å². The lowest BCUT2D eigenvalue weighted by Gasteiger charge is -2.10. The van der Waals surface area contributed by atoms with Gasteiger partial charge in [-0.15, -0.1) is 0 Å². The van der Waals surface area contributed by atoms with Gasteiger partial charge in [0.25, 0.3) is 11.6 Å². The Bertz CT molecular complexity index is 852. The number of ether oxygens (including phenoxy) is 2. The van der Waals surface area contributed by atoms with Crippen LogP contribution in [0, 0.1) is 10.1 Å². The lowest BCUT2D eigenvalue weighted by atomic mass is 10.2. The van der Waals surface area contributed by atoms with Gasteiger partial charge in [-0.1, -0.05) is 29.3 Å². The molecule has 8 nitrogen and oxygen atoms in total. The minimum absolute atomic E-state index is 0.0788. The zero-order valence-corrected chi connectivity index (χ0v) is 14.8. The number of methoxy groups -OCH3 is 1. The normalized spacial score (nSPS) is 10.1. The van der Waals surface area contributed by atoms with Crippen LogP contribution in [0.3, 0.4) is 0 Å². The van der Waals surface area contributed by atoms with Gasteiger partial charge in [-0.05, 0) is 18.2 Å². The van der Waals surface area contributed by atoms with Crippen LogP contribution >= 0.6 is 23.2 Å². The first-order valence-electron chi connectivity index (χ1n) is 7.07. The van der Waals surface area contributed by atoms with E-state index in [1.807, 2.05) is 0 Å². The van der Waals surface area contributed by atoms with E-state index < -0.39 is 23.4 Å². The van der Waals surface area contributed by atoms with Crippen LogP contribution in [0.15, 0.2) is 36.4 Å². The summed E-state index contributed by atoms with van der Waals surface area (Å²) in [5.74, 6) is -1.56. The third-order valence-electron chi connectivity index (χ3n) is 3.18. The van der Waals surface area contributed by atoms with Crippen LogP contribution in [0.5, 0.6) is 5.75 Å². The standard InChI is InChI=1S/C16H12Cl2N2O6/c1-25-13-6-5-9(20(23)24)7-10(13)16(22)26-8-14(21)19-15-11(17)3-2-4-12(15)18/h2-7H,8H2,1H3,(H,19,21). The minimum atomic E-state index is -0.953. The maximum Gasteiger partial charge on any atom is 0.342 e. The molecule has 0 saturated carbocycles. The van der Waals surface area contributed by atoms with Crippen molar-refractivity contribution in [3.63, 3.8) is 0 Å². The van der Waals surface area contributed by atoms with Gasteiger partial charge in [-0.2, -0.15) is 0 Å². The van der Waals surface area contributed by atoms with Crippen LogP contribution in [-0.4, -0.2) is 30.5 Å². The molecule has 10 heteroatoms. The number of benzene rings is 2. The second kappa shape index (κ2) is 8.50. The Balaban J connectivity index is 2.07. The Morgan fingerprint density at radius 2 is 1.85 bits per heavy atom. The van der Waals surface area contributed by atoms with Crippen molar-refractivity contribution in [2.75, 3.05) is 19.0 Å². The van der Waals surface area contributed by atoms with Gasteiger partial charge in [0.15, 0.2) is 6.61 Å². The Hall–Kier alpha value is -2.84. The number of hydrogen-bond acceptors (Lipinski definition) is 6. The number of hydrogen-bond donors (Lipinski definition) is 1. The summed E-state index contributed by atoms with van der Waals surface area (Å²) in [6, 6.07) is 8.12. The Labute approximate surface area is 157 Å². The lowest BCUT2D eigenvalue weighted by Crippen LogP contribution is -2.21. The van der Waals surface area contributed by atoms with E-state index in [-0.39, 0.29) is 32.7 Å². The SMILES string of the molecule is COc1ccc([N+](=O)[O-])cc1C(=O)OCC(=O)Nc1c(Cl)cccc1Cl. The van der Waals surface area contributed by atoms with Crippen molar-refractivity contribution in [2.24, 2.45) is 0 Å². The molecule has 0 heterocycles. The number of halogens is 2. The molecule has 0 fully saturated rings. The number of nitro groups is 1. The number of carbonyl (C=O) groups excluding carboxylic acids is 2. The summed E-state index contributed by atoms with van der Waals surface area (Å²) >= 11 is 11.9. The second-order valence-corrected chi connectivity index (χ2v) is 5.68. The molecule has 1 N–H and O–H groups in total. The van der Waals surface area contributed by atoms with Gasteiger partial charge in [0, 0.05) is 12.1 Å². The summed E-state index contributed by atoms with van der Waals surface area (Å²) < 4.78 is 9.86. The van der Waals surface area contributed by atoms with E-state index in [0.717, 1.165) is 6.07 Å². The molecule has 2 aromatic rings. The molecule has 0 aliphatic rings. The number of non-ortho nitro benzene ring substituents is 1. The Morgan fingerprint density at radius 3 is 2.42 bits per heavy atom. The van der Waals surface area contributed by atoms with Crippen LogP contribution in [-0.2, 0) is 9.53 Å². The van der Waals surface area contributed by atoms with Crippen LogP contribution in [0.25, 0.3) is 0 Å². The molecular formula is C16H12Cl2N2O6. The highest BCUT2D eigenvalue weighted by Crippen LogP contribution is 2.29. The van der Waals surface area contributed by atoms with Crippen molar-refractivity contribution in [2.45, 2.75) is 0 Å². The van der Waals surface area contributed by atoms with E-state index in [2.05, 4.69) is 5.32 Å². The molecule has 136 valence electrons. The molecule has 0 radical (unpaired) electrons. The Kier molecular flexibility index (Phi) is 6.37.